The average Bonchev–Trinajstić information content (AvgIpc) is 3.00. The average molecular weight is 347 g/mol. The van der Waals surface area contributed by atoms with E-state index in [1.807, 2.05) is 68.4 Å². The summed E-state index contributed by atoms with van der Waals surface area (Å²) in [6, 6.07) is 17.7. The first kappa shape index (κ1) is 17.9. The van der Waals surface area contributed by atoms with E-state index in [1.54, 1.807) is 4.68 Å². The fourth-order valence-electron chi connectivity index (χ4n) is 2.97. The van der Waals surface area contributed by atoms with Gasteiger partial charge >= 0.3 is 0 Å². The number of nitrogens with zero attached hydrogens (tertiary/aromatic N) is 2. The molecule has 0 radical (unpaired) electrons. The van der Waals surface area contributed by atoms with Crippen molar-refractivity contribution in [2.24, 2.45) is 0 Å². The number of aryl methyl sites for hydroxylation is 3. The smallest absolute Gasteiger partial charge is 0.256 e. The SMILES string of the molecule is CCCCc1ccc(C(=O)Nc2cc(C)nn2-c2ccccc2C)cc1. The molecule has 0 fully saturated rings. The van der Waals surface area contributed by atoms with Gasteiger partial charge < -0.3 is 5.32 Å². The third kappa shape index (κ3) is 4.02. The Bertz CT molecular complexity index is 894. The highest BCUT2D eigenvalue weighted by Gasteiger charge is 2.13. The van der Waals surface area contributed by atoms with Crippen LogP contribution in [0, 0.1) is 13.8 Å². The summed E-state index contributed by atoms with van der Waals surface area (Å²) in [7, 11) is 0. The first-order valence-electron chi connectivity index (χ1n) is 9.11. The summed E-state index contributed by atoms with van der Waals surface area (Å²) in [5.41, 5.74) is 4.85. The van der Waals surface area contributed by atoms with Gasteiger partial charge in [0.1, 0.15) is 5.82 Å². The number of aromatic nitrogens is 2. The van der Waals surface area contributed by atoms with Crippen LogP contribution in [0.15, 0.2) is 54.6 Å². The van der Waals surface area contributed by atoms with Gasteiger partial charge in [0.05, 0.1) is 11.4 Å². The van der Waals surface area contributed by atoms with Gasteiger partial charge in [0.25, 0.3) is 5.91 Å². The summed E-state index contributed by atoms with van der Waals surface area (Å²) in [4.78, 5) is 12.7. The van der Waals surface area contributed by atoms with Crippen LogP contribution in [0.5, 0.6) is 0 Å². The maximum absolute atomic E-state index is 12.7. The van der Waals surface area contributed by atoms with Crippen LogP contribution < -0.4 is 5.32 Å². The lowest BCUT2D eigenvalue weighted by Crippen LogP contribution is -2.15. The zero-order valence-corrected chi connectivity index (χ0v) is 15.6. The van der Waals surface area contributed by atoms with Gasteiger partial charge in [-0.15, -0.1) is 0 Å². The van der Waals surface area contributed by atoms with Crippen molar-refractivity contribution >= 4 is 11.7 Å². The molecular weight excluding hydrogens is 322 g/mol. The van der Waals surface area contributed by atoms with Crippen LogP contribution in [-0.4, -0.2) is 15.7 Å². The Morgan fingerprint density at radius 2 is 1.81 bits per heavy atom. The Morgan fingerprint density at radius 3 is 2.50 bits per heavy atom. The molecule has 0 bridgehead atoms. The fraction of sp³-hybridized carbons (Fsp3) is 0.273. The van der Waals surface area contributed by atoms with Crippen molar-refractivity contribution in [1.82, 2.24) is 9.78 Å². The van der Waals surface area contributed by atoms with E-state index in [2.05, 4.69) is 17.3 Å². The summed E-state index contributed by atoms with van der Waals surface area (Å²) < 4.78 is 1.79. The topological polar surface area (TPSA) is 46.9 Å². The minimum absolute atomic E-state index is 0.123. The first-order chi connectivity index (χ1) is 12.6. The van der Waals surface area contributed by atoms with E-state index in [4.69, 9.17) is 0 Å². The number of hydrogen-bond donors (Lipinski definition) is 1. The summed E-state index contributed by atoms with van der Waals surface area (Å²) >= 11 is 0. The highest BCUT2D eigenvalue weighted by molar-refractivity contribution is 6.04. The van der Waals surface area contributed by atoms with Crippen molar-refractivity contribution in [2.75, 3.05) is 5.32 Å². The van der Waals surface area contributed by atoms with Gasteiger partial charge in [-0.1, -0.05) is 43.7 Å². The molecule has 4 nitrogen and oxygen atoms in total. The Morgan fingerprint density at radius 1 is 1.08 bits per heavy atom. The Balaban J connectivity index is 1.81. The molecule has 0 aliphatic rings. The Hall–Kier alpha value is -2.88. The van der Waals surface area contributed by atoms with Crippen LogP contribution in [0.1, 0.15) is 46.9 Å². The number of unbranched alkanes of at least 4 members (excludes halogenated alkanes) is 1. The standard InChI is InChI=1S/C22H25N3O/c1-4-5-9-18-11-13-19(14-12-18)22(26)23-21-15-17(3)24-25(21)20-10-7-6-8-16(20)2/h6-8,10-15H,4-5,9H2,1-3H3,(H,23,26). The molecule has 1 N–H and O–H groups in total. The summed E-state index contributed by atoms with van der Waals surface area (Å²) in [5, 5.41) is 7.54. The predicted octanol–water partition coefficient (Wildman–Crippen LogP) is 5.08. The third-order valence-corrected chi connectivity index (χ3v) is 4.45. The summed E-state index contributed by atoms with van der Waals surface area (Å²) in [5.74, 6) is 0.554. The van der Waals surface area contributed by atoms with E-state index in [0.29, 0.717) is 11.4 Å². The number of carbonyl (C=O) groups is 1. The van der Waals surface area contributed by atoms with Crippen LogP contribution in [-0.2, 0) is 6.42 Å². The second kappa shape index (κ2) is 8.00. The largest absolute Gasteiger partial charge is 0.306 e. The number of carbonyl (C=O) groups excluding carboxylic acids is 1. The minimum atomic E-state index is -0.123. The molecule has 4 heteroatoms. The van der Waals surface area contributed by atoms with E-state index in [1.165, 1.54) is 18.4 Å². The maximum atomic E-state index is 12.7. The Kier molecular flexibility index (Phi) is 5.52. The molecule has 0 atom stereocenters. The number of amides is 1. The summed E-state index contributed by atoms with van der Waals surface area (Å²) in [6.45, 7) is 6.14. The molecule has 2 aromatic carbocycles. The van der Waals surface area contributed by atoms with Crippen molar-refractivity contribution < 1.29 is 4.79 Å². The zero-order valence-electron chi connectivity index (χ0n) is 15.6. The van der Waals surface area contributed by atoms with Gasteiger partial charge in [0.2, 0.25) is 0 Å². The number of nitrogens with one attached hydrogen (secondary N) is 1. The van der Waals surface area contributed by atoms with Crippen LogP contribution in [0.2, 0.25) is 0 Å². The number of benzene rings is 2. The first-order valence-corrected chi connectivity index (χ1v) is 9.11. The van der Waals surface area contributed by atoms with Crippen molar-refractivity contribution in [3.8, 4) is 5.69 Å². The van der Waals surface area contributed by atoms with Crippen LogP contribution in [0.25, 0.3) is 5.69 Å². The minimum Gasteiger partial charge on any atom is -0.306 e. The molecule has 134 valence electrons. The molecule has 0 saturated heterocycles. The predicted molar refractivity (Wildman–Crippen MR) is 106 cm³/mol. The lowest BCUT2D eigenvalue weighted by molar-refractivity contribution is 0.102. The van der Waals surface area contributed by atoms with Crippen molar-refractivity contribution in [2.45, 2.75) is 40.0 Å². The van der Waals surface area contributed by atoms with Crippen molar-refractivity contribution in [1.29, 1.82) is 0 Å². The molecule has 0 aliphatic heterocycles. The zero-order chi connectivity index (χ0) is 18.5. The number of para-hydroxylation sites is 1. The van der Waals surface area contributed by atoms with Gasteiger partial charge in [-0.3, -0.25) is 4.79 Å². The quantitative estimate of drug-likeness (QED) is 0.675. The molecule has 3 rings (SSSR count). The monoisotopic (exact) mass is 347 g/mol. The molecule has 0 saturated carbocycles. The molecule has 0 unspecified atom stereocenters. The summed E-state index contributed by atoms with van der Waals surface area (Å²) in [6.07, 6.45) is 3.39. The van der Waals surface area contributed by atoms with E-state index in [9.17, 15) is 4.79 Å². The molecule has 3 aromatic rings. The lowest BCUT2D eigenvalue weighted by Gasteiger charge is -2.11. The van der Waals surface area contributed by atoms with Crippen molar-refractivity contribution in [3.05, 3.63) is 77.0 Å². The highest BCUT2D eigenvalue weighted by Crippen LogP contribution is 2.21. The van der Waals surface area contributed by atoms with E-state index in [0.717, 1.165) is 23.4 Å². The molecule has 0 spiro atoms. The van der Waals surface area contributed by atoms with Gasteiger partial charge in [-0.25, -0.2) is 4.68 Å². The molecule has 1 aromatic heterocycles. The van der Waals surface area contributed by atoms with Gasteiger partial charge in [-0.2, -0.15) is 5.10 Å². The fourth-order valence-corrected chi connectivity index (χ4v) is 2.97. The second-order valence-electron chi connectivity index (χ2n) is 6.62. The van der Waals surface area contributed by atoms with Crippen LogP contribution >= 0.6 is 0 Å². The van der Waals surface area contributed by atoms with E-state index in [-0.39, 0.29) is 5.91 Å². The lowest BCUT2D eigenvalue weighted by atomic mass is 10.1. The normalized spacial score (nSPS) is 10.7. The van der Waals surface area contributed by atoms with E-state index < -0.39 is 0 Å². The van der Waals surface area contributed by atoms with Gasteiger partial charge in [0, 0.05) is 11.6 Å². The third-order valence-electron chi connectivity index (χ3n) is 4.45. The molecule has 0 aliphatic carbocycles. The van der Waals surface area contributed by atoms with Gasteiger partial charge in [0.15, 0.2) is 0 Å². The van der Waals surface area contributed by atoms with Crippen molar-refractivity contribution in [3.63, 3.8) is 0 Å². The number of anilines is 1. The molecular formula is C22H25N3O. The highest BCUT2D eigenvalue weighted by atomic mass is 16.1. The number of rotatable bonds is 6. The molecule has 1 heterocycles. The van der Waals surface area contributed by atoms with Crippen LogP contribution in [0.4, 0.5) is 5.82 Å². The Labute approximate surface area is 154 Å². The van der Waals surface area contributed by atoms with Crippen LogP contribution in [0.3, 0.4) is 0 Å². The molecule has 26 heavy (non-hydrogen) atoms. The molecule has 1 amide bonds. The maximum Gasteiger partial charge on any atom is 0.256 e. The van der Waals surface area contributed by atoms with Gasteiger partial charge in [-0.05, 0) is 56.0 Å². The second-order valence-corrected chi connectivity index (χ2v) is 6.62. The number of hydrogen-bond acceptors (Lipinski definition) is 2. The van der Waals surface area contributed by atoms with E-state index >= 15 is 0 Å².